The van der Waals surface area contributed by atoms with E-state index in [1.54, 1.807) is 12.4 Å². The minimum Gasteiger partial charge on any atom is -0.397 e. The van der Waals surface area contributed by atoms with Crippen molar-refractivity contribution in [3.63, 3.8) is 0 Å². The van der Waals surface area contributed by atoms with Crippen LogP contribution in [0.15, 0.2) is 65.0 Å². The van der Waals surface area contributed by atoms with E-state index in [4.69, 9.17) is 5.73 Å². The summed E-state index contributed by atoms with van der Waals surface area (Å²) in [5, 5.41) is 6.57. The molecule has 1 aliphatic rings. The van der Waals surface area contributed by atoms with Gasteiger partial charge in [0.25, 0.3) is 0 Å². The average molecular weight is 403 g/mol. The number of benzene rings is 1. The molecule has 4 N–H and O–H groups in total. The lowest BCUT2D eigenvalue weighted by molar-refractivity contribution is 0.638. The molecule has 0 saturated heterocycles. The maximum Gasteiger partial charge on any atom is 0.107 e. The van der Waals surface area contributed by atoms with Crippen molar-refractivity contribution in [3.05, 3.63) is 66.1 Å². The number of nitrogen functional groups attached to an aromatic ring is 1. The second-order valence-corrected chi connectivity index (χ2v) is 7.55. The van der Waals surface area contributed by atoms with Gasteiger partial charge in [-0.25, -0.2) is 0 Å². The number of aryl methyl sites for hydroxylation is 1. The number of nitrogens with zero attached hydrogens (tertiary/aromatic N) is 3. The van der Waals surface area contributed by atoms with Crippen LogP contribution in [-0.4, -0.2) is 24.6 Å². The smallest absolute Gasteiger partial charge is 0.107 e. The standard InChI is InChI=1S/C24H30N6/c1-17-12-20(15-28-14-17)18(2)30-21-8-9-22(25)24(13-21)29-16-27-11-10-23(26-3)19-6-4-5-7-19/h8-15,19,29-30H,2-7,16,25H2,1H3/b23-10-,27-11-. The molecule has 0 radical (unpaired) electrons. The summed E-state index contributed by atoms with van der Waals surface area (Å²) >= 11 is 0. The fourth-order valence-electron chi connectivity index (χ4n) is 3.61. The maximum absolute atomic E-state index is 6.11. The molecule has 0 atom stereocenters. The van der Waals surface area contributed by atoms with E-state index in [0.29, 0.717) is 18.3 Å². The normalized spacial score (nSPS) is 14.8. The van der Waals surface area contributed by atoms with Crippen molar-refractivity contribution in [3.8, 4) is 0 Å². The van der Waals surface area contributed by atoms with E-state index >= 15 is 0 Å². The van der Waals surface area contributed by atoms with Crippen LogP contribution >= 0.6 is 0 Å². The number of hydrogen-bond acceptors (Lipinski definition) is 6. The largest absolute Gasteiger partial charge is 0.397 e. The highest BCUT2D eigenvalue weighted by molar-refractivity contribution is 5.80. The van der Waals surface area contributed by atoms with Gasteiger partial charge in [0, 0.05) is 47.2 Å². The molecule has 1 saturated carbocycles. The predicted molar refractivity (Wildman–Crippen MR) is 129 cm³/mol. The Labute approximate surface area is 178 Å². The second-order valence-electron chi connectivity index (χ2n) is 7.55. The molecule has 3 rings (SSSR count). The molecule has 1 aromatic heterocycles. The summed E-state index contributed by atoms with van der Waals surface area (Å²) in [5.41, 5.74) is 12.3. The van der Waals surface area contributed by atoms with Crippen molar-refractivity contribution < 1.29 is 0 Å². The van der Waals surface area contributed by atoms with Gasteiger partial charge >= 0.3 is 0 Å². The Morgan fingerprint density at radius 1 is 1.27 bits per heavy atom. The van der Waals surface area contributed by atoms with Crippen LogP contribution < -0.4 is 16.4 Å². The lowest BCUT2D eigenvalue weighted by atomic mass is 10.0. The zero-order valence-electron chi connectivity index (χ0n) is 17.6. The summed E-state index contributed by atoms with van der Waals surface area (Å²) in [6.45, 7) is 10.2. The van der Waals surface area contributed by atoms with Gasteiger partial charge in [0.2, 0.25) is 0 Å². The average Bonchev–Trinajstić information content (AvgIpc) is 3.27. The molecule has 156 valence electrons. The number of aliphatic imine (C=N–C) groups is 2. The SMILES string of the molecule is C=N/C(=C\C=N/CNc1cc(NC(=C)c2cncc(C)c2)ccc1N)C1CCCC1. The first kappa shape index (κ1) is 21.3. The third-order valence-corrected chi connectivity index (χ3v) is 5.24. The summed E-state index contributed by atoms with van der Waals surface area (Å²) in [4.78, 5) is 12.8. The Balaban J connectivity index is 1.58. The number of pyridine rings is 1. The molecule has 1 aromatic carbocycles. The summed E-state index contributed by atoms with van der Waals surface area (Å²) in [5.74, 6) is 0.525. The highest BCUT2D eigenvalue weighted by atomic mass is 15.0. The Morgan fingerprint density at radius 3 is 2.80 bits per heavy atom. The molecular formula is C24H30N6. The highest BCUT2D eigenvalue weighted by Gasteiger charge is 2.17. The zero-order valence-corrected chi connectivity index (χ0v) is 17.6. The summed E-state index contributed by atoms with van der Waals surface area (Å²) < 4.78 is 0. The molecule has 6 heteroatoms. The van der Waals surface area contributed by atoms with Gasteiger partial charge in [-0.05, 0) is 62.4 Å². The van der Waals surface area contributed by atoms with E-state index in [1.165, 1.54) is 25.7 Å². The first-order valence-electron chi connectivity index (χ1n) is 10.2. The number of allylic oxidation sites excluding steroid dienone is 2. The van der Waals surface area contributed by atoms with Crippen molar-refractivity contribution >= 4 is 35.7 Å². The molecule has 1 heterocycles. The Hall–Kier alpha value is -3.41. The van der Waals surface area contributed by atoms with Gasteiger partial charge in [-0.2, -0.15) is 0 Å². The molecule has 6 nitrogen and oxygen atoms in total. The molecule has 0 spiro atoms. The van der Waals surface area contributed by atoms with Crippen LogP contribution in [0, 0.1) is 12.8 Å². The van der Waals surface area contributed by atoms with Crippen molar-refractivity contribution in [1.29, 1.82) is 0 Å². The minimum atomic E-state index is 0.419. The Morgan fingerprint density at radius 2 is 2.07 bits per heavy atom. The fourth-order valence-corrected chi connectivity index (χ4v) is 3.61. The lowest BCUT2D eigenvalue weighted by Crippen LogP contribution is -2.04. The van der Waals surface area contributed by atoms with Gasteiger partial charge in [-0.1, -0.05) is 19.4 Å². The van der Waals surface area contributed by atoms with Crippen LogP contribution in [0.25, 0.3) is 5.70 Å². The first-order valence-corrected chi connectivity index (χ1v) is 10.2. The minimum absolute atomic E-state index is 0.419. The summed E-state index contributed by atoms with van der Waals surface area (Å²) in [6.07, 6.45) is 12.3. The van der Waals surface area contributed by atoms with Gasteiger partial charge in [-0.3, -0.25) is 15.0 Å². The zero-order chi connectivity index (χ0) is 21.3. The van der Waals surface area contributed by atoms with E-state index in [2.05, 4.69) is 38.9 Å². The summed E-state index contributed by atoms with van der Waals surface area (Å²) in [7, 11) is 0. The summed E-state index contributed by atoms with van der Waals surface area (Å²) in [6, 6.07) is 7.77. The van der Waals surface area contributed by atoms with Crippen LogP contribution in [0.2, 0.25) is 0 Å². The van der Waals surface area contributed by atoms with Gasteiger partial charge in [-0.15, -0.1) is 0 Å². The fraction of sp³-hybridized carbons (Fsp3) is 0.292. The molecule has 0 unspecified atom stereocenters. The van der Waals surface area contributed by atoms with E-state index in [0.717, 1.165) is 33.9 Å². The lowest BCUT2D eigenvalue weighted by Gasteiger charge is -2.13. The van der Waals surface area contributed by atoms with Crippen molar-refractivity contribution in [1.82, 2.24) is 4.98 Å². The van der Waals surface area contributed by atoms with E-state index < -0.39 is 0 Å². The number of hydrogen-bond donors (Lipinski definition) is 3. The molecule has 0 bridgehead atoms. The van der Waals surface area contributed by atoms with Crippen LogP contribution in [0.3, 0.4) is 0 Å². The topological polar surface area (TPSA) is 87.7 Å². The second kappa shape index (κ2) is 10.4. The van der Waals surface area contributed by atoms with Crippen molar-refractivity contribution in [2.24, 2.45) is 15.9 Å². The van der Waals surface area contributed by atoms with Gasteiger partial charge < -0.3 is 16.4 Å². The maximum atomic E-state index is 6.11. The van der Waals surface area contributed by atoms with E-state index in [1.807, 2.05) is 43.5 Å². The third-order valence-electron chi connectivity index (χ3n) is 5.24. The first-order chi connectivity index (χ1) is 14.6. The predicted octanol–water partition coefficient (Wildman–Crippen LogP) is 5.27. The highest BCUT2D eigenvalue weighted by Crippen LogP contribution is 2.31. The molecule has 1 aliphatic carbocycles. The van der Waals surface area contributed by atoms with Gasteiger partial charge in [0.15, 0.2) is 0 Å². The van der Waals surface area contributed by atoms with E-state index in [9.17, 15) is 0 Å². The number of aromatic nitrogens is 1. The molecule has 0 amide bonds. The monoisotopic (exact) mass is 402 g/mol. The van der Waals surface area contributed by atoms with Crippen LogP contribution in [0.5, 0.6) is 0 Å². The number of rotatable bonds is 9. The van der Waals surface area contributed by atoms with Crippen molar-refractivity contribution in [2.45, 2.75) is 32.6 Å². The van der Waals surface area contributed by atoms with Crippen molar-refractivity contribution in [2.75, 3.05) is 23.0 Å². The quantitative estimate of drug-likeness (QED) is 0.394. The number of nitrogens with one attached hydrogen (secondary N) is 2. The molecule has 30 heavy (non-hydrogen) atoms. The molecule has 0 aliphatic heterocycles. The van der Waals surface area contributed by atoms with Crippen LogP contribution in [-0.2, 0) is 0 Å². The molecular weight excluding hydrogens is 372 g/mol. The van der Waals surface area contributed by atoms with Gasteiger partial charge in [0.05, 0.1) is 11.4 Å². The van der Waals surface area contributed by atoms with Crippen LogP contribution in [0.4, 0.5) is 17.1 Å². The third kappa shape index (κ3) is 5.80. The number of anilines is 3. The van der Waals surface area contributed by atoms with Gasteiger partial charge in [0.1, 0.15) is 6.67 Å². The molecule has 2 aromatic rings. The Kier molecular flexibility index (Phi) is 7.38. The van der Waals surface area contributed by atoms with Crippen LogP contribution in [0.1, 0.15) is 36.8 Å². The Bertz CT molecular complexity index is 954. The molecule has 1 fully saturated rings. The number of nitrogens with two attached hydrogens (primary N) is 1. The van der Waals surface area contributed by atoms with E-state index in [-0.39, 0.29) is 0 Å².